The van der Waals surface area contributed by atoms with Crippen molar-refractivity contribution >= 4 is 0 Å². The molecule has 0 saturated carbocycles. The first-order valence-corrected chi connectivity index (χ1v) is 5.35. The number of nitrogens with zero attached hydrogens (tertiary/aromatic N) is 2. The largest absolute Gasteiger partial charge is 0.306 e. The molecule has 0 aromatic heterocycles. The van der Waals surface area contributed by atoms with Gasteiger partial charge in [-0.2, -0.15) is 0 Å². The summed E-state index contributed by atoms with van der Waals surface area (Å²) in [6.45, 7) is 7.20. The first-order valence-electron chi connectivity index (χ1n) is 5.35. The van der Waals surface area contributed by atoms with Gasteiger partial charge in [-0.3, -0.25) is 0 Å². The molecule has 0 unspecified atom stereocenters. The average molecular weight is 184 g/mol. The van der Waals surface area contributed by atoms with Crippen LogP contribution in [0.25, 0.3) is 0 Å². The summed E-state index contributed by atoms with van der Waals surface area (Å²) in [4.78, 5) is 4.87. The molecule has 1 fully saturated rings. The molecule has 0 bridgehead atoms. The molecule has 2 nitrogen and oxygen atoms in total. The van der Waals surface area contributed by atoms with Crippen LogP contribution in [-0.4, -0.2) is 49.6 Å². The van der Waals surface area contributed by atoms with Crippen LogP contribution in [0.4, 0.5) is 0 Å². The summed E-state index contributed by atoms with van der Waals surface area (Å²) in [7, 11) is 6.68. The zero-order valence-corrected chi connectivity index (χ0v) is 9.80. The Morgan fingerprint density at radius 1 is 1.15 bits per heavy atom. The topological polar surface area (TPSA) is 6.48 Å². The van der Waals surface area contributed by atoms with Gasteiger partial charge in [0.2, 0.25) is 0 Å². The molecular weight excluding hydrogens is 160 g/mol. The summed E-state index contributed by atoms with van der Waals surface area (Å²) in [6, 6.07) is 0. The maximum atomic E-state index is 2.44. The Bertz CT molecular complexity index is 145. The van der Waals surface area contributed by atoms with Crippen molar-refractivity contribution in [3.8, 4) is 0 Å². The molecular formula is C11H24N2. The first kappa shape index (κ1) is 11.0. The van der Waals surface area contributed by atoms with E-state index in [1.54, 1.807) is 0 Å². The molecule has 0 amide bonds. The minimum atomic E-state index is 0.451. The van der Waals surface area contributed by atoms with Gasteiger partial charge in [-0.25, -0.2) is 0 Å². The van der Waals surface area contributed by atoms with Crippen LogP contribution < -0.4 is 0 Å². The van der Waals surface area contributed by atoms with E-state index in [0.717, 1.165) is 5.92 Å². The normalized spacial score (nSPS) is 24.2. The Labute approximate surface area is 82.9 Å². The predicted octanol–water partition coefficient (Wildman–Crippen LogP) is 1.67. The van der Waals surface area contributed by atoms with Crippen LogP contribution in [0.3, 0.4) is 0 Å². The van der Waals surface area contributed by atoms with Crippen molar-refractivity contribution in [1.29, 1.82) is 0 Å². The van der Waals surface area contributed by atoms with Gasteiger partial charge in [0.05, 0.1) is 0 Å². The summed E-state index contributed by atoms with van der Waals surface area (Å²) in [5.74, 6) is 0.760. The van der Waals surface area contributed by atoms with E-state index in [4.69, 9.17) is 0 Å². The van der Waals surface area contributed by atoms with Gasteiger partial charge in [0, 0.05) is 5.54 Å². The van der Waals surface area contributed by atoms with Gasteiger partial charge in [0.25, 0.3) is 0 Å². The standard InChI is InChI=1S/C11H24N2/c1-10(2)11(12(3)4)6-8-13(5)9-7-11/h10H,6-9H2,1-5H3. The van der Waals surface area contributed by atoms with Crippen molar-refractivity contribution in [2.45, 2.75) is 32.2 Å². The average Bonchev–Trinajstić information content (AvgIpc) is 2.04. The Kier molecular flexibility index (Phi) is 3.36. The summed E-state index contributed by atoms with van der Waals surface area (Å²) in [5.41, 5.74) is 0.451. The third-order valence-corrected chi connectivity index (χ3v) is 3.82. The second kappa shape index (κ2) is 3.97. The summed E-state index contributed by atoms with van der Waals surface area (Å²) in [6.07, 6.45) is 2.63. The van der Waals surface area contributed by atoms with Crippen molar-refractivity contribution in [1.82, 2.24) is 9.80 Å². The summed E-state index contributed by atoms with van der Waals surface area (Å²) < 4.78 is 0. The Balaban J connectivity index is 2.69. The van der Waals surface area contributed by atoms with E-state index in [9.17, 15) is 0 Å². The maximum absolute atomic E-state index is 2.44. The highest BCUT2D eigenvalue weighted by molar-refractivity contribution is 4.94. The SMILES string of the molecule is CC(C)C1(N(C)C)CCN(C)CC1. The van der Waals surface area contributed by atoms with Crippen molar-refractivity contribution in [3.05, 3.63) is 0 Å². The van der Waals surface area contributed by atoms with E-state index in [-0.39, 0.29) is 0 Å². The fourth-order valence-electron chi connectivity index (χ4n) is 2.55. The fraction of sp³-hybridized carbons (Fsp3) is 1.00. The Morgan fingerprint density at radius 3 is 1.92 bits per heavy atom. The minimum absolute atomic E-state index is 0.451. The van der Waals surface area contributed by atoms with E-state index in [1.165, 1.54) is 25.9 Å². The van der Waals surface area contributed by atoms with Gasteiger partial charge in [-0.1, -0.05) is 13.8 Å². The first-order chi connectivity index (χ1) is 5.99. The van der Waals surface area contributed by atoms with Gasteiger partial charge in [-0.05, 0) is 53.0 Å². The van der Waals surface area contributed by atoms with E-state index >= 15 is 0 Å². The maximum Gasteiger partial charge on any atom is 0.0250 e. The minimum Gasteiger partial charge on any atom is -0.306 e. The number of hydrogen-bond acceptors (Lipinski definition) is 2. The lowest BCUT2D eigenvalue weighted by Gasteiger charge is -2.48. The molecule has 2 heteroatoms. The molecule has 78 valence electrons. The molecule has 1 heterocycles. The molecule has 1 rings (SSSR count). The Morgan fingerprint density at radius 2 is 1.62 bits per heavy atom. The lowest BCUT2D eigenvalue weighted by atomic mass is 9.77. The molecule has 1 aliphatic heterocycles. The molecule has 1 aliphatic rings. The van der Waals surface area contributed by atoms with Crippen LogP contribution in [0.15, 0.2) is 0 Å². The monoisotopic (exact) mass is 184 g/mol. The lowest BCUT2D eigenvalue weighted by Crippen LogP contribution is -2.55. The molecule has 1 saturated heterocycles. The van der Waals surface area contributed by atoms with Crippen LogP contribution in [0, 0.1) is 5.92 Å². The third kappa shape index (κ3) is 2.05. The zero-order chi connectivity index (χ0) is 10.1. The van der Waals surface area contributed by atoms with Crippen molar-refractivity contribution < 1.29 is 0 Å². The van der Waals surface area contributed by atoms with Crippen LogP contribution in [0.5, 0.6) is 0 Å². The van der Waals surface area contributed by atoms with Crippen LogP contribution >= 0.6 is 0 Å². The molecule has 13 heavy (non-hydrogen) atoms. The van der Waals surface area contributed by atoms with Crippen LogP contribution in [-0.2, 0) is 0 Å². The number of hydrogen-bond donors (Lipinski definition) is 0. The smallest absolute Gasteiger partial charge is 0.0250 e. The number of rotatable bonds is 2. The number of likely N-dealkylation sites (tertiary alicyclic amines) is 1. The second-order valence-electron chi connectivity index (χ2n) is 4.96. The Hall–Kier alpha value is -0.0800. The molecule has 0 aromatic rings. The predicted molar refractivity (Wildman–Crippen MR) is 58.0 cm³/mol. The molecule has 0 aromatic carbocycles. The fourth-order valence-corrected chi connectivity index (χ4v) is 2.55. The van der Waals surface area contributed by atoms with E-state index in [2.05, 4.69) is 44.8 Å². The number of piperidine rings is 1. The molecule has 0 aliphatic carbocycles. The van der Waals surface area contributed by atoms with Crippen molar-refractivity contribution in [3.63, 3.8) is 0 Å². The van der Waals surface area contributed by atoms with Gasteiger partial charge in [0.15, 0.2) is 0 Å². The highest BCUT2D eigenvalue weighted by atomic mass is 15.2. The van der Waals surface area contributed by atoms with Crippen LogP contribution in [0.1, 0.15) is 26.7 Å². The van der Waals surface area contributed by atoms with Gasteiger partial charge in [0.1, 0.15) is 0 Å². The lowest BCUT2D eigenvalue weighted by molar-refractivity contribution is 0.0272. The van der Waals surface area contributed by atoms with Crippen molar-refractivity contribution in [2.75, 3.05) is 34.2 Å². The summed E-state index contributed by atoms with van der Waals surface area (Å²) in [5, 5.41) is 0. The van der Waals surface area contributed by atoms with E-state index in [0.29, 0.717) is 5.54 Å². The quantitative estimate of drug-likeness (QED) is 0.644. The molecule has 0 atom stereocenters. The van der Waals surface area contributed by atoms with E-state index < -0.39 is 0 Å². The van der Waals surface area contributed by atoms with Gasteiger partial charge in [-0.15, -0.1) is 0 Å². The molecule has 0 radical (unpaired) electrons. The van der Waals surface area contributed by atoms with Gasteiger partial charge >= 0.3 is 0 Å². The van der Waals surface area contributed by atoms with Gasteiger partial charge < -0.3 is 9.80 Å². The zero-order valence-electron chi connectivity index (χ0n) is 9.80. The van der Waals surface area contributed by atoms with E-state index in [1.807, 2.05) is 0 Å². The highest BCUT2D eigenvalue weighted by Gasteiger charge is 2.38. The van der Waals surface area contributed by atoms with Crippen molar-refractivity contribution in [2.24, 2.45) is 5.92 Å². The third-order valence-electron chi connectivity index (χ3n) is 3.82. The highest BCUT2D eigenvalue weighted by Crippen LogP contribution is 2.33. The summed E-state index contributed by atoms with van der Waals surface area (Å²) >= 11 is 0. The molecule has 0 spiro atoms. The van der Waals surface area contributed by atoms with Crippen LogP contribution in [0.2, 0.25) is 0 Å². The molecule has 0 N–H and O–H groups in total. The second-order valence-corrected chi connectivity index (χ2v) is 4.96.